The maximum Gasteiger partial charge on any atom is 0.271 e. The summed E-state index contributed by atoms with van der Waals surface area (Å²) in [5, 5.41) is 21.7. The number of nitro groups is 1. The summed E-state index contributed by atoms with van der Waals surface area (Å²) >= 11 is 6.07. The molecule has 0 aliphatic rings. The summed E-state index contributed by atoms with van der Waals surface area (Å²) in [5.41, 5.74) is 3.33. The third-order valence-corrected chi connectivity index (χ3v) is 4.79. The van der Waals surface area contributed by atoms with Gasteiger partial charge in [-0.1, -0.05) is 29.8 Å². The second kappa shape index (κ2) is 6.81. The van der Waals surface area contributed by atoms with Crippen molar-refractivity contribution in [2.45, 2.75) is 13.5 Å². The van der Waals surface area contributed by atoms with Gasteiger partial charge in [0, 0.05) is 40.5 Å². The Kier molecular flexibility index (Phi) is 4.33. The van der Waals surface area contributed by atoms with Crippen molar-refractivity contribution < 1.29 is 4.92 Å². The van der Waals surface area contributed by atoms with Crippen LogP contribution in [0.1, 0.15) is 6.92 Å². The lowest BCUT2D eigenvalue weighted by atomic mass is 10.1. The van der Waals surface area contributed by atoms with Crippen LogP contribution in [0.3, 0.4) is 0 Å². The first-order chi connectivity index (χ1) is 13.1. The van der Waals surface area contributed by atoms with Gasteiger partial charge in [0.05, 0.1) is 15.6 Å². The van der Waals surface area contributed by atoms with Crippen molar-refractivity contribution in [1.82, 2.24) is 4.57 Å². The number of fused-ring (bicyclic) bond motifs is 3. The molecule has 0 spiro atoms. The molecule has 0 aliphatic carbocycles. The van der Waals surface area contributed by atoms with Crippen LogP contribution in [0, 0.1) is 10.1 Å². The van der Waals surface area contributed by atoms with Crippen molar-refractivity contribution in [1.29, 1.82) is 0 Å². The molecular formula is C20H15ClN4O2. The highest BCUT2D eigenvalue weighted by Crippen LogP contribution is 2.34. The highest BCUT2D eigenvalue weighted by atomic mass is 35.5. The van der Waals surface area contributed by atoms with Crippen LogP contribution in [-0.4, -0.2) is 9.49 Å². The van der Waals surface area contributed by atoms with Gasteiger partial charge in [-0.05, 0) is 37.3 Å². The number of aryl methyl sites for hydroxylation is 1. The third kappa shape index (κ3) is 3.04. The lowest BCUT2D eigenvalue weighted by molar-refractivity contribution is -0.384. The number of para-hydroxylation sites is 1. The van der Waals surface area contributed by atoms with Crippen LogP contribution in [-0.2, 0) is 6.54 Å². The van der Waals surface area contributed by atoms with Crippen LogP contribution in [0.4, 0.5) is 17.1 Å². The van der Waals surface area contributed by atoms with Gasteiger partial charge in [0.15, 0.2) is 0 Å². The lowest BCUT2D eigenvalue weighted by Gasteiger charge is -2.02. The van der Waals surface area contributed by atoms with Gasteiger partial charge in [-0.3, -0.25) is 10.1 Å². The van der Waals surface area contributed by atoms with E-state index in [4.69, 9.17) is 11.6 Å². The Morgan fingerprint density at radius 1 is 1.00 bits per heavy atom. The van der Waals surface area contributed by atoms with Gasteiger partial charge in [-0.15, -0.1) is 5.11 Å². The fourth-order valence-corrected chi connectivity index (χ4v) is 3.46. The number of halogens is 1. The molecule has 0 saturated carbocycles. The number of non-ortho nitro benzene ring substituents is 1. The Morgan fingerprint density at radius 3 is 2.52 bits per heavy atom. The van der Waals surface area contributed by atoms with Crippen molar-refractivity contribution in [2.75, 3.05) is 0 Å². The number of azo groups is 1. The Labute approximate surface area is 159 Å². The van der Waals surface area contributed by atoms with Gasteiger partial charge < -0.3 is 4.57 Å². The molecule has 4 rings (SSSR count). The molecule has 0 atom stereocenters. The second-order valence-corrected chi connectivity index (χ2v) is 6.46. The number of hydrogen-bond acceptors (Lipinski definition) is 4. The Morgan fingerprint density at radius 2 is 1.78 bits per heavy atom. The minimum absolute atomic E-state index is 0.0762. The Bertz CT molecular complexity index is 1210. The molecular weight excluding hydrogens is 364 g/mol. The zero-order valence-corrected chi connectivity index (χ0v) is 15.2. The molecule has 0 N–H and O–H groups in total. The quantitative estimate of drug-likeness (QED) is 0.223. The van der Waals surface area contributed by atoms with E-state index in [0.717, 1.165) is 17.4 Å². The number of nitrogens with zero attached hydrogens (tertiary/aromatic N) is 4. The minimum Gasteiger partial charge on any atom is -0.341 e. The zero-order valence-electron chi connectivity index (χ0n) is 14.5. The first-order valence-corrected chi connectivity index (χ1v) is 8.83. The standard InChI is InChI=1S/C20H15ClN4O2/c1-2-24-19-6-4-3-5-15(19)16-11-13(7-10-20(16)24)22-23-18-9-8-14(25(26)27)12-17(18)21/h3-12H,2H2,1H3. The largest absolute Gasteiger partial charge is 0.341 e. The molecule has 0 radical (unpaired) electrons. The molecule has 6 nitrogen and oxygen atoms in total. The molecule has 1 heterocycles. The maximum atomic E-state index is 10.8. The van der Waals surface area contributed by atoms with E-state index in [0.29, 0.717) is 11.4 Å². The molecule has 1 aromatic heterocycles. The van der Waals surface area contributed by atoms with Gasteiger partial charge >= 0.3 is 0 Å². The summed E-state index contributed by atoms with van der Waals surface area (Å²) in [6, 6.07) is 18.3. The molecule has 0 bridgehead atoms. The van der Waals surface area contributed by atoms with E-state index in [9.17, 15) is 10.1 Å². The minimum atomic E-state index is -0.496. The molecule has 3 aromatic carbocycles. The van der Waals surface area contributed by atoms with Crippen LogP contribution in [0.5, 0.6) is 0 Å². The van der Waals surface area contributed by atoms with Crippen molar-refractivity contribution in [2.24, 2.45) is 10.2 Å². The van der Waals surface area contributed by atoms with Crippen LogP contribution in [0.2, 0.25) is 5.02 Å². The molecule has 7 heteroatoms. The Balaban J connectivity index is 1.76. The number of aromatic nitrogens is 1. The van der Waals surface area contributed by atoms with Crippen molar-refractivity contribution in [3.8, 4) is 0 Å². The van der Waals surface area contributed by atoms with Crippen molar-refractivity contribution in [3.05, 3.63) is 75.8 Å². The average Bonchev–Trinajstić information content (AvgIpc) is 3.00. The molecule has 134 valence electrons. The topological polar surface area (TPSA) is 72.8 Å². The Hall–Kier alpha value is -3.25. The van der Waals surface area contributed by atoms with Crippen LogP contribution >= 0.6 is 11.6 Å². The molecule has 4 aromatic rings. The SMILES string of the molecule is CCn1c2ccccc2c2cc(N=Nc3ccc([N+](=O)[O-])cc3Cl)ccc21. The van der Waals surface area contributed by atoms with E-state index in [1.165, 1.54) is 29.1 Å². The van der Waals surface area contributed by atoms with E-state index in [1.807, 2.05) is 30.3 Å². The normalized spacial score (nSPS) is 11.6. The summed E-state index contributed by atoms with van der Waals surface area (Å²) < 4.78 is 2.26. The van der Waals surface area contributed by atoms with Gasteiger partial charge in [0.25, 0.3) is 5.69 Å². The molecule has 0 fully saturated rings. The third-order valence-electron chi connectivity index (χ3n) is 4.49. The van der Waals surface area contributed by atoms with Gasteiger partial charge in [-0.25, -0.2) is 0 Å². The fourth-order valence-electron chi connectivity index (χ4n) is 3.25. The predicted octanol–water partition coefficient (Wildman–Crippen LogP) is 6.79. The van der Waals surface area contributed by atoms with E-state index >= 15 is 0 Å². The molecule has 0 amide bonds. The van der Waals surface area contributed by atoms with Gasteiger partial charge in [0.1, 0.15) is 5.69 Å². The van der Waals surface area contributed by atoms with Crippen LogP contribution in [0.25, 0.3) is 21.8 Å². The smallest absolute Gasteiger partial charge is 0.271 e. The maximum absolute atomic E-state index is 10.8. The van der Waals surface area contributed by atoms with Crippen LogP contribution < -0.4 is 0 Å². The first kappa shape index (κ1) is 17.2. The number of benzene rings is 3. The van der Waals surface area contributed by atoms with E-state index in [1.54, 1.807) is 0 Å². The second-order valence-electron chi connectivity index (χ2n) is 6.06. The summed E-state index contributed by atoms with van der Waals surface area (Å²) in [7, 11) is 0. The van der Waals surface area contributed by atoms with Crippen molar-refractivity contribution >= 4 is 50.5 Å². The van der Waals surface area contributed by atoms with Gasteiger partial charge in [-0.2, -0.15) is 5.11 Å². The monoisotopic (exact) mass is 378 g/mol. The summed E-state index contributed by atoms with van der Waals surface area (Å²) in [4.78, 5) is 10.3. The van der Waals surface area contributed by atoms with Gasteiger partial charge in [0.2, 0.25) is 0 Å². The van der Waals surface area contributed by atoms with E-state index in [2.05, 4.69) is 33.9 Å². The molecule has 27 heavy (non-hydrogen) atoms. The highest BCUT2D eigenvalue weighted by Gasteiger charge is 2.11. The van der Waals surface area contributed by atoms with Crippen molar-refractivity contribution in [3.63, 3.8) is 0 Å². The fraction of sp³-hybridized carbons (Fsp3) is 0.100. The number of rotatable bonds is 4. The molecule has 0 unspecified atom stereocenters. The molecule has 0 aliphatic heterocycles. The predicted molar refractivity (Wildman–Crippen MR) is 107 cm³/mol. The van der Waals surface area contributed by atoms with Crippen LogP contribution in [0.15, 0.2) is 70.9 Å². The summed E-state index contributed by atoms with van der Waals surface area (Å²) in [6.07, 6.45) is 0. The lowest BCUT2D eigenvalue weighted by Crippen LogP contribution is -1.92. The summed E-state index contributed by atoms with van der Waals surface area (Å²) in [5.74, 6) is 0. The first-order valence-electron chi connectivity index (χ1n) is 8.45. The number of nitro benzene ring substituents is 1. The highest BCUT2D eigenvalue weighted by molar-refractivity contribution is 6.33. The zero-order chi connectivity index (χ0) is 19.0. The molecule has 0 saturated heterocycles. The number of hydrogen-bond donors (Lipinski definition) is 0. The average molecular weight is 379 g/mol. The van der Waals surface area contributed by atoms with E-state index < -0.39 is 4.92 Å². The van der Waals surface area contributed by atoms with E-state index in [-0.39, 0.29) is 10.7 Å². The summed E-state index contributed by atoms with van der Waals surface area (Å²) in [6.45, 7) is 3.00.